The molecule has 0 aliphatic rings. The van der Waals surface area contributed by atoms with Crippen molar-refractivity contribution in [2.45, 2.75) is 0 Å². The van der Waals surface area contributed by atoms with E-state index < -0.39 is 0 Å². The third-order valence-corrected chi connectivity index (χ3v) is 1.27. The molecule has 0 bridgehead atoms. The van der Waals surface area contributed by atoms with E-state index >= 15 is 0 Å². The van der Waals surface area contributed by atoms with Gasteiger partial charge in [0.15, 0.2) is 0 Å². The summed E-state index contributed by atoms with van der Waals surface area (Å²) in [6.45, 7) is 0. The number of halogens is 1. The van der Waals surface area contributed by atoms with Crippen LogP contribution in [0.15, 0.2) is 24.3 Å². The van der Waals surface area contributed by atoms with Crippen LogP contribution >= 0.6 is 11.6 Å². The summed E-state index contributed by atoms with van der Waals surface area (Å²) in [5, 5.41) is 7.70. The number of ether oxygens (including phenoxy) is 1. The van der Waals surface area contributed by atoms with Gasteiger partial charge in [0, 0.05) is 12.1 Å². The van der Waals surface area contributed by atoms with Crippen LogP contribution in [0.25, 0.3) is 0 Å². The summed E-state index contributed by atoms with van der Waals surface area (Å²) in [6.07, 6.45) is 0. The first kappa shape index (κ1) is 10.3. The number of rotatable bonds is 1. The van der Waals surface area contributed by atoms with E-state index in [0.29, 0.717) is 5.02 Å². The fraction of sp³-hybridized carbons (Fsp3) is 0.250. The molecule has 1 aromatic carbocycles. The summed E-state index contributed by atoms with van der Waals surface area (Å²) < 4.78 is 4.91. The highest BCUT2D eigenvalue weighted by Crippen LogP contribution is 2.15. The normalized spacial score (nSPS) is 8.00. The van der Waals surface area contributed by atoms with Crippen LogP contribution in [0, 0.1) is 0 Å². The van der Waals surface area contributed by atoms with Crippen LogP contribution in [-0.4, -0.2) is 19.3 Å². The lowest BCUT2D eigenvalue weighted by molar-refractivity contribution is 0.399. The van der Waals surface area contributed by atoms with E-state index in [1.807, 2.05) is 18.2 Å². The minimum absolute atomic E-state index is 0.703. The second-order valence-corrected chi connectivity index (χ2v) is 2.10. The summed E-state index contributed by atoms with van der Waals surface area (Å²) in [6, 6.07) is 7.28. The van der Waals surface area contributed by atoms with Crippen molar-refractivity contribution in [3.8, 4) is 5.75 Å². The Morgan fingerprint density at radius 3 is 2.36 bits per heavy atom. The molecule has 0 atom stereocenters. The van der Waals surface area contributed by atoms with Crippen molar-refractivity contribution in [3.05, 3.63) is 29.3 Å². The molecule has 62 valence electrons. The fourth-order valence-electron chi connectivity index (χ4n) is 0.594. The number of hydrogen-bond acceptors (Lipinski definition) is 2. The van der Waals surface area contributed by atoms with Gasteiger partial charge in [-0.2, -0.15) is 0 Å². The molecule has 0 heterocycles. The molecule has 0 amide bonds. The number of aliphatic hydroxyl groups is 1. The molecule has 0 radical (unpaired) electrons. The molecule has 1 N–H and O–H groups in total. The monoisotopic (exact) mass is 174 g/mol. The van der Waals surface area contributed by atoms with Gasteiger partial charge in [-0.05, 0) is 18.2 Å². The lowest BCUT2D eigenvalue weighted by Gasteiger charge is -1.96. The molecule has 0 aliphatic heterocycles. The molecular formula is C8H11ClO2. The van der Waals surface area contributed by atoms with Crippen molar-refractivity contribution < 1.29 is 9.84 Å². The molecule has 0 fully saturated rings. The third kappa shape index (κ3) is 3.86. The second-order valence-electron chi connectivity index (χ2n) is 1.66. The maximum Gasteiger partial charge on any atom is 0.120 e. The van der Waals surface area contributed by atoms with Crippen LogP contribution in [0.2, 0.25) is 5.02 Å². The Bertz CT molecular complexity index is 201. The maximum absolute atomic E-state index is 7.00. The van der Waals surface area contributed by atoms with Gasteiger partial charge in [-0.25, -0.2) is 0 Å². The van der Waals surface area contributed by atoms with Crippen molar-refractivity contribution in [2.24, 2.45) is 0 Å². The van der Waals surface area contributed by atoms with E-state index in [4.69, 9.17) is 21.4 Å². The zero-order chi connectivity index (χ0) is 8.69. The first-order valence-corrected chi connectivity index (χ1v) is 3.45. The predicted octanol–water partition coefficient (Wildman–Crippen LogP) is 1.96. The second kappa shape index (κ2) is 6.01. The molecule has 0 aliphatic carbocycles. The smallest absolute Gasteiger partial charge is 0.120 e. The molecule has 0 saturated heterocycles. The van der Waals surface area contributed by atoms with Gasteiger partial charge in [-0.3, -0.25) is 0 Å². The van der Waals surface area contributed by atoms with Gasteiger partial charge in [-0.1, -0.05) is 17.7 Å². The Kier molecular flexibility index (Phi) is 5.61. The zero-order valence-electron chi connectivity index (χ0n) is 6.54. The predicted molar refractivity (Wildman–Crippen MR) is 46.1 cm³/mol. The number of benzene rings is 1. The standard InChI is InChI=1S/C7H7ClO.CH4O/c1-9-7-4-2-3-6(8)5-7;1-2/h2-5H,1H3;2H,1H3. The lowest BCUT2D eigenvalue weighted by atomic mass is 10.3. The number of methoxy groups -OCH3 is 1. The summed E-state index contributed by atoms with van der Waals surface area (Å²) in [7, 11) is 2.62. The fourth-order valence-corrected chi connectivity index (χ4v) is 0.774. The SMILES string of the molecule is CO.COc1cccc(Cl)c1. The zero-order valence-corrected chi connectivity index (χ0v) is 7.30. The lowest BCUT2D eigenvalue weighted by Crippen LogP contribution is -1.79. The Balaban J connectivity index is 0.000000461. The minimum Gasteiger partial charge on any atom is -0.497 e. The number of hydrogen-bond donors (Lipinski definition) is 1. The molecular weight excluding hydrogens is 164 g/mol. The van der Waals surface area contributed by atoms with Crippen LogP contribution in [0.1, 0.15) is 0 Å². The Hall–Kier alpha value is -0.730. The Morgan fingerprint density at radius 1 is 1.36 bits per heavy atom. The number of aliphatic hydroxyl groups excluding tert-OH is 1. The minimum atomic E-state index is 0.703. The van der Waals surface area contributed by atoms with Crippen LogP contribution in [0.3, 0.4) is 0 Å². The highest BCUT2D eigenvalue weighted by atomic mass is 35.5. The van der Waals surface area contributed by atoms with Gasteiger partial charge in [-0.15, -0.1) is 0 Å². The van der Waals surface area contributed by atoms with E-state index in [-0.39, 0.29) is 0 Å². The molecule has 1 rings (SSSR count). The summed E-state index contributed by atoms with van der Waals surface area (Å²) in [5.74, 6) is 0.794. The maximum atomic E-state index is 7.00. The van der Waals surface area contributed by atoms with Crippen LogP contribution in [-0.2, 0) is 0 Å². The summed E-state index contributed by atoms with van der Waals surface area (Å²) in [4.78, 5) is 0. The molecule has 0 spiro atoms. The van der Waals surface area contributed by atoms with Gasteiger partial charge < -0.3 is 9.84 Å². The van der Waals surface area contributed by atoms with Crippen molar-refractivity contribution in [1.29, 1.82) is 0 Å². The first-order valence-electron chi connectivity index (χ1n) is 3.07. The van der Waals surface area contributed by atoms with Gasteiger partial charge in [0.05, 0.1) is 7.11 Å². The van der Waals surface area contributed by atoms with Gasteiger partial charge in [0.2, 0.25) is 0 Å². The highest BCUT2D eigenvalue weighted by Gasteiger charge is 1.88. The van der Waals surface area contributed by atoms with Crippen molar-refractivity contribution in [3.63, 3.8) is 0 Å². The van der Waals surface area contributed by atoms with Crippen LogP contribution in [0.4, 0.5) is 0 Å². The molecule has 2 nitrogen and oxygen atoms in total. The average Bonchev–Trinajstić information content (AvgIpc) is 2.08. The highest BCUT2D eigenvalue weighted by molar-refractivity contribution is 6.30. The molecule has 3 heteroatoms. The van der Waals surface area contributed by atoms with Crippen LogP contribution < -0.4 is 4.74 Å². The first-order chi connectivity index (χ1) is 5.33. The van der Waals surface area contributed by atoms with Crippen molar-refractivity contribution in [2.75, 3.05) is 14.2 Å². The summed E-state index contributed by atoms with van der Waals surface area (Å²) >= 11 is 5.64. The third-order valence-electron chi connectivity index (χ3n) is 1.03. The van der Waals surface area contributed by atoms with Gasteiger partial charge in [0.1, 0.15) is 5.75 Å². The summed E-state index contributed by atoms with van der Waals surface area (Å²) in [5.41, 5.74) is 0. The van der Waals surface area contributed by atoms with E-state index in [9.17, 15) is 0 Å². The molecule has 0 aromatic heterocycles. The van der Waals surface area contributed by atoms with E-state index in [0.717, 1.165) is 12.9 Å². The van der Waals surface area contributed by atoms with Gasteiger partial charge in [0.25, 0.3) is 0 Å². The van der Waals surface area contributed by atoms with Crippen LogP contribution in [0.5, 0.6) is 5.75 Å². The quantitative estimate of drug-likeness (QED) is 0.706. The van der Waals surface area contributed by atoms with Crippen molar-refractivity contribution in [1.82, 2.24) is 0 Å². The van der Waals surface area contributed by atoms with E-state index in [1.54, 1.807) is 13.2 Å². The molecule has 11 heavy (non-hydrogen) atoms. The largest absolute Gasteiger partial charge is 0.497 e. The van der Waals surface area contributed by atoms with Crippen molar-refractivity contribution >= 4 is 11.6 Å². The molecule has 0 unspecified atom stereocenters. The average molecular weight is 175 g/mol. The molecule has 0 saturated carbocycles. The topological polar surface area (TPSA) is 29.5 Å². The Labute approximate surface area is 71.4 Å². The van der Waals surface area contributed by atoms with E-state index in [2.05, 4.69) is 0 Å². The molecule has 1 aromatic rings. The Morgan fingerprint density at radius 2 is 2.00 bits per heavy atom. The van der Waals surface area contributed by atoms with Gasteiger partial charge >= 0.3 is 0 Å². The van der Waals surface area contributed by atoms with E-state index in [1.165, 1.54) is 0 Å².